The molecule has 0 saturated carbocycles. The summed E-state index contributed by atoms with van der Waals surface area (Å²) in [6, 6.07) is 11.0. The Balaban J connectivity index is 2.31. The van der Waals surface area contributed by atoms with E-state index in [4.69, 9.17) is 4.74 Å². The second-order valence-electron chi connectivity index (χ2n) is 4.47. The van der Waals surface area contributed by atoms with Gasteiger partial charge in [-0.2, -0.15) is 5.26 Å². The van der Waals surface area contributed by atoms with Crippen LogP contribution in [0.5, 0.6) is 0 Å². The van der Waals surface area contributed by atoms with Crippen molar-refractivity contribution in [2.75, 3.05) is 19.5 Å². The van der Waals surface area contributed by atoms with Gasteiger partial charge in [0.25, 0.3) is 0 Å². The molecule has 90 valence electrons. The molecule has 1 heterocycles. The molecule has 0 spiro atoms. The number of nitrogens with zero attached hydrogens (tertiary/aromatic N) is 1. The zero-order valence-corrected chi connectivity index (χ0v) is 11.1. The number of hydrogen-bond acceptors (Lipinski definition) is 3. The van der Waals surface area contributed by atoms with E-state index in [1.807, 2.05) is 0 Å². The highest BCUT2D eigenvalue weighted by molar-refractivity contribution is 7.98. The Hall–Kier alpha value is -0.980. The van der Waals surface area contributed by atoms with Gasteiger partial charge in [0.05, 0.1) is 30.6 Å². The van der Waals surface area contributed by atoms with Gasteiger partial charge in [-0.3, -0.25) is 0 Å². The van der Waals surface area contributed by atoms with Crippen LogP contribution in [0.25, 0.3) is 0 Å². The summed E-state index contributed by atoms with van der Waals surface area (Å²) in [5, 5.41) is 9.28. The number of benzene rings is 1. The van der Waals surface area contributed by atoms with Gasteiger partial charge in [0.15, 0.2) is 0 Å². The molecule has 0 bridgehead atoms. The van der Waals surface area contributed by atoms with E-state index in [9.17, 15) is 5.26 Å². The van der Waals surface area contributed by atoms with Crippen LogP contribution in [-0.2, 0) is 10.2 Å². The van der Waals surface area contributed by atoms with Crippen molar-refractivity contribution in [3.05, 3.63) is 29.8 Å². The van der Waals surface area contributed by atoms with Gasteiger partial charge in [-0.1, -0.05) is 19.1 Å². The second-order valence-corrected chi connectivity index (χ2v) is 5.35. The average Bonchev–Trinajstić information content (AvgIpc) is 2.34. The molecule has 1 saturated heterocycles. The van der Waals surface area contributed by atoms with Crippen LogP contribution in [0.1, 0.15) is 18.9 Å². The summed E-state index contributed by atoms with van der Waals surface area (Å²) in [4.78, 5) is 1.26. The van der Waals surface area contributed by atoms with Crippen molar-refractivity contribution in [3.8, 4) is 6.07 Å². The van der Waals surface area contributed by atoms with Crippen molar-refractivity contribution in [2.45, 2.75) is 23.7 Å². The van der Waals surface area contributed by atoms with Crippen molar-refractivity contribution in [2.24, 2.45) is 5.92 Å². The molecule has 1 aliphatic heterocycles. The van der Waals surface area contributed by atoms with E-state index in [0.29, 0.717) is 13.2 Å². The zero-order chi connectivity index (χ0) is 12.3. The topological polar surface area (TPSA) is 33.0 Å². The number of thioether (sulfide) groups is 1. The maximum Gasteiger partial charge on any atom is 0.0666 e. The molecule has 1 aromatic carbocycles. The number of hydrogen-bond donors (Lipinski definition) is 0. The van der Waals surface area contributed by atoms with E-state index in [-0.39, 0.29) is 11.3 Å². The molecule has 0 aliphatic carbocycles. The van der Waals surface area contributed by atoms with Crippen LogP contribution < -0.4 is 0 Å². The van der Waals surface area contributed by atoms with Gasteiger partial charge in [-0.15, -0.1) is 11.8 Å². The minimum atomic E-state index is -0.0690. The Labute approximate surface area is 107 Å². The van der Waals surface area contributed by atoms with Crippen LogP contribution in [-0.4, -0.2) is 19.5 Å². The first-order valence-corrected chi connectivity index (χ1v) is 7.11. The van der Waals surface area contributed by atoms with Crippen molar-refractivity contribution in [1.29, 1.82) is 5.26 Å². The third-order valence-electron chi connectivity index (χ3n) is 3.62. The Kier molecular flexibility index (Phi) is 3.76. The summed E-state index contributed by atoms with van der Waals surface area (Å²) in [5.74, 6) is 0.0522. The van der Waals surface area contributed by atoms with E-state index in [1.54, 1.807) is 11.8 Å². The van der Waals surface area contributed by atoms with Gasteiger partial charge in [0.1, 0.15) is 0 Å². The van der Waals surface area contributed by atoms with Crippen LogP contribution in [0.15, 0.2) is 29.2 Å². The molecule has 1 atom stereocenters. The lowest BCUT2D eigenvalue weighted by Gasteiger charge is -2.45. The number of ether oxygens (including phenoxy) is 1. The monoisotopic (exact) mass is 247 g/mol. The predicted molar refractivity (Wildman–Crippen MR) is 70.1 cm³/mol. The van der Waals surface area contributed by atoms with Gasteiger partial charge in [-0.05, 0) is 30.4 Å². The van der Waals surface area contributed by atoms with E-state index in [2.05, 4.69) is 43.5 Å². The smallest absolute Gasteiger partial charge is 0.0666 e. The highest BCUT2D eigenvalue weighted by Gasteiger charge is 2.46. The maximum atomic E-state index is 9.28. The third-order valence-corrected chi connectivity index (χ3v) is 4.36. The summed E-state index contributed by atoms with van der Waals surface area (Å²) in [6.07, 6.45) is 2.95. The molecule has 1 aliphatic rings. The molecule has 0 amide bonds. The van der Waals surface area contributed by atoms with Crippen LogP contribution in [0, 0.1) is 17.2 Å². The van der Waals surface area contributed by atoms with Gasteiger partial charge in [0.2, 0.25) is 0 Å². The SMILES string of the molecule is CCC(C#N)C1(c2ccc(SC)cc2)COC1. The molecular formula is C14H17NOS. The lowest BCUT2D eigenvalue weighted by Crippen LogP contribution is -2.51. The van der Waals surface area contributed by atoms with Crippen LogP contribution >= 0.6 is 11.8 Å². The predicted octanol–water partition coefficient (Wildman–Crippen LogP) is 3.23. The Morgan fingerprint density at radius 1 is 1.41 bits per heavy atom. The minimum absolute atomic E-state index is 0.0522. The number of rotatable bonds is 4. The highest BCUT2D eigenvalue weighted by atomic mass is 32.2. The highest BCUT2D eigenvalue weighted by Crippen LogP contribution is 2.41. The Morgan fingerprint density at radius 2 is 2.06 bits per heavy atom. The third kappa shape index (κ3) is 2.08. The van der Waals surface area contributed by atoms with Crippen molar-refractivity contribution >= 4 is 11.8 Å². The lowest BCUT2D eigenvalue weighted by atomic mass is 9.68. The average molecular weight is 247 g/mol. The molecule has 1 fully saturated rings. The van der Waals surface area contributed by atoms with Gasteiger partial charge >= 0.3 is 0 Å². The quantitative estimate of drug-likeness (QED) is 0.766. The molecule has 2 nitrogen and oxygen atoms in total. The lowest BCUT2D eigenvalue weighted by molar-refractivity contribution is -0.0805. The Morgan fingerprint density at radius 3 is 2.41 bits per heavy atom. The first-order chi connectivity index (χ1) is 8.26. The van der Waals surface area contributed by atoms with Crippen LogP contribution in [0.4, 0.5) is 0 Å². The van der Waals surface area contributed by atoms with Crippen molar-refractivity contribution in [1.82, 2.24) is 0 Å². The molecule has 0 N–H and O–H groups in total. The summed E-state index contributed by atoms with van der Waals surface area (Å²) >= 11 is 1.74. The molecule has 3 heteroatoms. The summed E-state index contributed by atoms with van der Waals surface area (Å²) < 4.78 is 5.38. The Bertz CT molecular complexity index is 417. The fourth-order valence-electron chi connectivity index (χ4n) is 2.42. The van der Waals surface area contributed by atoms with Gasteiger partial charge in [-0.25, -0.2) is 0 Å². The first kappa shape index (κ1) is 12.5. The van der Waals surface area contributed by atoms with E-state index in [0.717, 1.165) is 6.42 Å². The normalized spacial score (nSPS) is 19.1. The number of nitriles is 1. The maximum absolute atomic E-state index is 9.28. The zero-order valence-electron chi connectivity index (χ0n) is 10.3. The molecular weight excluding hydrogens is 230 g/mol. The largest absolute Gasteiger partial charge is 0.379 e. The summed E-state index contributed by atoms with van der Waals surface area (Å²) in [6.45, 7) is 3.43. The first-order valence-electron chi connectivity index (χ1n) is 5.88. The molecule has 2 rings (SSSR count). The van der Waals surface area contributed by atoms with Gasteiger partial charge in [0, 0.05) is 4.90 Å². The van der Waals surface area contributed by atoms with Gasteiger partial charge < -0.3 is 4.74 Å². The van der Waals surface area contributed by atoms with Crippen LogP contribution in [0.3, 0.4) is 0 Å². The van der Waals surface area contributed by atoms with Crippen molar-refractivity contribution in [3.63, 3.8) is 0 Å². The fourth-order valence-corrected chi connectivity index (χ4v) is 2.83. The van der Waals surface area contributed by atoms with E-state index < -0.39 is 0 Å². The van der Waals surface area contributed by atoms with E-state index in [1.165, 1.54) is 10.5 Å². The van der Waals surface area contributed by atoms with E-state index >= 15 is 0 Å². The second kappa shape index (κ2) is 5.12. The fraction of sp³-hybridized carbons (Fsp3) is 0.500. The standard InChI is InChI=1S/C14H17NOS/c1-3-11(8-15)14(9-16-10-14)12-4-6-13(17-2)7-5-12/h4-7,11H,3,9-10H2,1-2H3. The molecule has 0 aromatic heterocycles. The minimum Gasteiger partial charge on any atom is -0.379 e. The summed E-state index contributed by atoms with van der Waals surface area (Å²) in [5.41, 5.74) is 1.18. The molecule has 17 heavy (non-hydrogen) atoms. The van der Waals surface area contributed by atoms with Crippen molar-refractivity contribution < 1.29 is 4.74 Å². The molecule has 0 radical (unpaired) electrons. The van der Waals surface area contributed by atoms with Crippen LogP contribution in [0.2, 0.25) is 0 Å². The molecule has 1 unspecified atom stereocenters. The summed E-state index contributed by atoms with van der Waals surface area (Å²) in [7, 11) is 0. The molecule has 1 aromatic rings.